The standard InChI is InChI=1S/C13H13BrN2O2/c14-10-3-9(8-1-2-8)4-12(5-10)18-7-11-6-13(17)16-15-11/h3-6,8H,1-2,7H2,(H2,15,16,17). The van der Waals surface area contributed by atoms with E-state index in [0.29, 0.717) is 12.5 Å². The number of benzene rings is 1. The Morgan fingerprint density at radius 2 is 2.06 bits per heavy atom. The maximum Gasteiger partial charge on any atom is 0.264 e. The highest BCUT2D eigenvalue weighted by Crippen LogP contribution is 2.42. The SMILES string of the molecule is O=c1cc(COc2cc(Br)cc(C3CC3)c2)[nH][nH]1. The van der Waals surface area contributed by atoms with Crippen molar-refractivity contribution in [3.05, 3.63) is 50.3 Å². The van der Waals surface area contributed by atoms with E-state index in [4.69, 9.17) is 4.74 Å². The first kappa shape index (κ1) is 11.6. The molecule has 1 fully saturated rings. The van der Waals surface area contributed by atoms with Gasteiger partial charge in [0.1, 0.15) is 12.4 Å². The van der Waals surface area contributed by atoms with E-state index >= 15 is 0 Å². The molecule has 1 aliphatic carbocycles. The Morgan fingerprint density at radius 3 is 2.72 bits per heavy atom. The van der Waals surface area contributed by atoms with Crippen molar-refractivity contribution < 1.29 is 4.74 Å². The summed E-state index contributed by atoms with van der Waals surface area (Å²) in [7, 11) is 0. The lowest BCUT2D eigenvalue weighted by molar-refractivity contribution is 0.300. The summed E-state index contributed by atoms with van der Waals surface area (Å²) in [5, 5.41) is 5.25. The van der Waals surface area contributed by atoms with Crippen LogP contribution in [0.2, 0.25) is 0 Å². The van der Waals surface area contributed by atoms with Crippen LogP contribution < -0.4 is 10.3 Å². The minimum Gasteiger partial charge on any atom is -0.487 e. The summed E-state index contributed by atoms with van der Waals surface area (Å²) < 4.78 is 6.72. The second-order valence-corrected chi connectivity index (χ2v) is 5.48. The van der Waals surface area contributed by atoms with E-state index in [2.05, 4.69) is 38.3 Å². The highest BCUT2D eigenvalue weighted by atomic mass is 79.9. The number of nitrogens with one attached hydrogen (secondary N) is 2. The molecular formula is C13H13BrN2O2. The van der Waals surface area contributed by atoms with Gasteiger partial charge in [0.25, 0.3) is 5.56 Å². The quantitative estimate of drug-likeness (QED) is 0.912. The zero-order valence-electron chi connectivity index (χ0n) is 9.70. The molecule has 5 heteroatoms. The van der Waals surface area contributed by atoms with E-state index in [1.807, 2.05) is 6.07 Å². The number of rotatable bonds is 4. The van der Waals surface area contributed by atoms with E-state index in [-0.39, 0.29) is 5.56 Å². The van der Waals surface area contributed by atoms with Crippen molar-refractivity contribution in [2.45, 2.75) is 25.4 Å². The Hall–Kier alpha value is -1.49. The Morgan fingerprint density at radius 1 is 1.22 bits per heavy atom. The summed E-state index contributed by atoms with van der Waals surface area (Å²) in [6.07, 6.45) is 2.53. The molecule has 1 aliphatic rings. The molecule has 0 atom stereocenters. The van der Waals surface area contributed by atoms with E-state index < -0.39 is 0 Å². The lowest BCUT2D eigenvalue weighted by Crippen LogP contribution is -1.97. The van der Waals surface area contributed by atoms with Crippen LogP contribution in [0.4, 0.5) is 0 Å². The van der Waals surface area contributed by atoms with Crippen LogP contribution in [0.15, 0.2) is 33.5 Å². The van der Waals surface area contributed by atoms with Gasteiger partial charge in [-0.1, -0.05) is 15.9 Å². The van der Waals surface area contributed by atoms with Gasteiger partial charge in [-0.05, 0) is 42.5 Å². The number of ether oxygens (including phenoxy) is 1. The lowest BCUT2D eigenvalue weighted by Gasteiger charge is -2.07. The van der Waals surface area contributed by atoms with Crippen LogP contribution in [0.5, 0.6) is 5.75 Å². The van der Waals surface area contributed by atoms with Gasteiger partial charge in [-0.15, -0.1) is 0 Å². The number of H-pyrrole nitrogens is 2. The summed E-state index contributed by atoms with van der Waals surface area (Å²) in [6.45, 7) is 0.360. The summed E-state index contributed by atoms with van der Waals surface area (Å²) in [5.41, 5.74) is 1.93. The predicted octanol–water partition coefficient (Wildman–Crippen LogP) is 2.92. The number of hydrogen-bond donors (Lipinski definition) is 2. The van der Waals surface area contributed by atoms with Crippen molar-refractivity contribution in [3.8, 4) is 5.75 Å². The van der Waals surface area contributed by atoms with Crippen LogP contribution in [0.3, 0.4) is 0 Å². The molecule has 1 aromatic heterocycles. The maximum absolute atomic E-state index is 11.0. The van der Waals surface area contributed by atoms with Gasteiger partial charge in [-0.2, -0.15) is 0 Å². The molecule has 1 saturated carbocycles. The summed E-state index contributed by atoms with van der Waals surface area (Å²) in [6, 6.07) is 7.66. The van der Waals surface area contributed by atoms with Gasteiger partial charge in [-0.3, -0.25) is 15.0 Å². The molecule has 0 saturated heterocycles. The molecule has 2 aromatic rings. The zero-order chi connectivity index (χ0) is 12.5. The first-order valence-corrected chi connectivity index (χ1v) is 6.70. The average Bonchev–Trinajstić information content (AvgIpc) is 3.10. The van der Waals surface area contributed by atoms with Crippen LogP contribution >= 0.6 is 15.9 Å². The van der Waals surface area contributed by atoms with Gasteiger partial charge in [0.15, 0.2) is 0 Å². The molecule has 4 nitrogen and oxygen atoms in total. The first-order chi connectivity index (χ1) is 8.70. The molecule has 3 rings (SSSR count). The number of halogens is 1. The Bertz CT molecular complexity index is 613. The first-order valence-electron chi connectivity index (χ1n) is 5.90. The average molecular weight is 309 g/mol. The van der Waals surface area contributed by atoms with Gasteiger partial charge in [0.05, 0.1) is 5.69 Å². The molecular weight excluding hydrogens is 296 g/mol. The largest absolute Gasteiger partial charge is 0.487 e. The van der Waals surface area contributed by atoms with Gasteiger partial charge in [0.2, 0.25) is 0 Å². The van der Waals surface area contributed by atoms with Crippen molar-refractivity contribution in [2.24, 2.45) is 0 Å². The highest BCUT2D eigenvalue weighted by Gasteiger charge is 2.24. The molecule has 1 aromatic carbocycles. The van der Waals surface area contributed by atoms with E-state index in [1.54, 1.807) is 0 Å². The zero-order valence-corrected chi connectivity index (χ0v) is 11.3. The van der Waals surface area contributed by atoms with Crippen LogP contribution in [0.25, 0.3) is 0 Å². The summed E-state index contributed by atoms with van der Waals surface area (Å²) >= 11 is 3.50. The molecule has 0 unspecified atom stereocenters. The molecule has 0 aliphatic heterocycles. The molecule has 0 radical (unpaired) electrons. The van der Waals surface area contributed by atoms with Crippen molar-refractivity contribution in [2.75, 3.05) is 0 Å². The van der Waals surface area contributed by atoms with Crippen LogP contribution in [0.1, 0.15) is 30.0 Å². The third-order valence-electron chi connectivity index (χ3n) is 2.99. The van der Waals surface area contributed by atoms with Crippen molar-refractivity contribution >= 4 is 15.9 Å². The van der Waals surface area contributed by atoms with Gasteiger partial charge < -0.3 is 4.74 Å². The van der Waals surface area contributed by atoms with E-state index in [9.17, 15) is 4.79 Å². The maximum atomic E-state index is 11.0. The van der Waals surface area contributed by atoms with Crippen molar-refractivity contribution in [3.63, 3.8) is 0 Å². The van der Waals surface area contributed by atoms with Gasteiger partial charge in [0, 0.05) is 10.5 Å². The van der Waals surface area contributed by atoms with E-state index in [1.165, 1.54) is 24.5 Å². The fourth-order valence-corrected chi connectivity index (χ4v) is 2.42. The fourth-order valence-electron chi connectivity index (χ4n) is 1.93. The van der Waals surface area contributed by atoms with Crippen molar-refractivity contribution in [1.82, 2.24) is 10.2 Å². The predicted molar refractivity (Wildman–Crippen MR) is 71.9 cm³/mol. The molecule has 0 spiro atoms. The van der Waals surface area contributed by atoms with Crippen LogP contribution in [-0.4, -0.2) is 10.2 Å². The van der Waals surface area contributed by atoms with E-state index in [0.717, 1.165) is 15.9 Å². The Balaban J connectivity index is 1.73. The number of hydrogen-bond acceptors (Lipinski definition) is 2. The lowest BCUT2D eigenvalue weighted by atomic mass is 10.1. The fraction of sp³-hybridized carbons (Fsp3) is 0.308. The number of aromatic nitrogens is 2. The van der Waals surface area contributed by atoms with Crippen LogP contribution in [-0.2, 0) is 6.61 Å². The monoisotopic (exact) mass is 308 g/mol. The second-order valence-electron chi connectivity index (χ2n) is 4.57. The molecule has 94 valence electrons. The third-order valence-corrected chi connectivity index (χ3v) is 3.45. The normalized spacial score (nSPS) is 14.7. The molecule has 0 amide bonds. The van der Waals surface area contributed by atoms with Crippen molar-refractivity contribution in [1.29, 1.82) is 0 Å². The minimum atomic E-state index is -0.137. The smallest absolute Gasteiger partial charge is 0.264 e. The van der Waals surface area contributed by atoms with Gasteiger partial charge >= 0.3 is 0 Å². The third kappa shape index (κ3) is 2.67. The van der Waals surface area contributed by atoms with Gasteiger partial charge in [-0.25, -0.2) is 0 Å². The number of aromatic amines is 2. The molecule has 18 heavy (non-hydrogen) atoms. The molecule has 1 heterocycles. The van der Waals surface area contributed by atoms with Crippen LogP contribution in [0, 0.1) is 0 Å². The molecule has 2 N–H and O–H groups in total. The highest BCUT2D eigenvalue weighted by molar-refractivity contribution is 9.10. The Labute approximate surface area is 112 Å². The summed E-state index contributed by atoms with van der Waals surface area (Å²) in [5.74, 6) is 1.52. The minimum absolute atomic E-state index is 0.137. The Kier molecular flexibility index (Phi) is 2.99. The summed E-state index contributed by atoms with van der Waals surface area (Å²) in [4.78, 5) is 11.0. The second kappa shape index (κ2) is 4.65. The topological polar surface area (TPSA) is 57.9 Å². The molecule has 0 bridgehead atoms.